The average Bonchev–Trinajstić information content (AvgIpc) is 2.34. The van der Waals surface area contributed by atoms with Crippen molar-refractivity contribution >= 4 is 23.4 Å². The van der Waals surface area contributed by atoms with Gasteiger partial charge in [0.05, 0.1) is 0 Å². The predicted octanol–water partition coefficient (Wildman–Crippen LogP) is 3.07. The molecule has 1 aromatic rings. The van der Waals surface area contributed by atoms with Crippen LogP contribution in [0.3, 0.4) is 0 Å². The van der Waals surface area contributed by atoms with Crippen molar-refractivity contribution in [1.29, 1.82) is 0 Å². The van der Waals surface area contributed by atoms with Crippen LogP contribution >= 0.6 is 11.8 Å². The maximum atomic E-state index is 4.40. The minimum atomic E-state index is 0.910. The van der Waals surface area contributed by atoms with Gasteiger partial charge in [0.25, 0.3) is 0 Å². The van der Waals surface area contributed by atoms with E-state index in [-0.39, 0.29) is 0 Å². The zero-order chi connectivity index (χ0) is 11.6. The minimum Gasteiger partial charge on any atom is -0.373 e. The summed E-state index contributed by atoms with van der Waals surface area (Å²) in [7, 11) is 1.88. The smallest absolute Gasteiger partial charge is 0.128 e. The highest BCUT2D eigenvalue weighted by molar-refractivity contribution is 7.98. The van der Waals surface area contributed by atoms with E-state index in [9.17, 15) is 0 Å². The minimum absolute atomic E-state index is 0.910. The van der Waals surface area contributed by atoms with Gasteiger partial charge in [-0.3, -0.25) is 0 Å². The van der Waals surface area contributed by atoms with Gasteiger partial charge in [-0.1, -0.05) is 12.5 Å². The lowest BCUT2D eigenvalue weighted by Gasteiger charge is -2.06. The number of aromatic nitrogens is 1. The van der Waals surface area contributed by atoms with Crippen LogP contribution in [0.1, 0.15) is 19.3 Å². The van der Waals surface area contributed by atoms with Gasteiger partial charge in [0, 0.05) is 13.6 Å². The Morgan fingerprint density at radius 1 is 1.19 bits per heavy atom. The molecule has 16 heavy (non-hydrogen) atoms. The summed E-state index contributed by atoms with van der Waals surface area (Å²) in [5.74, 6) is 3.14. The summed E-state index contributed by atoms with van der Waals surface area (Å²) in [6.07, 6.45) is 5.98. The molecule has 0 amide bonds. The van der Waals surface area contributed by atoms with Gasteiger partial charge in [0.1, 0.15) is 11.6 Å². The molecule has 1 aromatic heterocycles. The number of nitrogens with one attached hydrogen (secondary N) is 2. The third-order valence-electron chi connectivity index (χ3n) is 2.34. The van der Waals surface area contributed by atoms with Crippen molar-refractivity contribution < 1.29 is 0 Å². The van der Waals surface area contributed by atoms with E-state index in [4.69, 9.17) is 0 Å². The third kappa shape index (κ3) is 5.26. The van der Waals surface area contributed by atoms with Gasteiger partial charge >= 0.3 is 0 Å². The molecule has 0 saturated carbocycles. The summed E-state index contributed by atoms with van der Waals surface area (Å²) in [6, 6.07) is 5.97. The molecule has 1 rings (SSSR count). The highest BCUT2D eigenvalue weighted by atomic mass is 32.2. The van der Waals surface area contributed by atoms with Crippen LogP contribution in [-0.4, -0.2) is 30.6 Å². The molecule has 2 N–H and O–H groups in total. The maximum Gasteiger partial charge on any atom is 0.128 e. The molecule has 0 unspecified atom stereocenters. The summed E-state index contributed by atoms with van der Waals surface area (Å²) < 4.78 is 0. The number of pyridine rings is 1. The van der Waals surface area contributed by atoms with E-state index in [2.05, 4.69) is 21.9 Å². The second-order valence-electron chi connectivity index (χ2n) is 3.64. The van der Waals surface area contributed by atoms with E-state index in [1.807, 2.05) is 37.0 Å². The Hall–Kier alpha value is -0.900. The molecule has 3 nitrogen and oxygen atoms in total. The molecule has 4 heteroatoms. The molecule has 90 valence electrons. The molecule has 0 atom stereocenters. The van der Waals surface area contributed by atoms with E-state index in [0.717, 1.165) is 18.2 Å². The first kappa shape index (κ1) is 13.2. The molecular formula is C12H21N3S. The highest BCUT2D eigenvalue weighted by Gasteiger charge is 1.95. The van der Waals surface area contributed by atoms with Crippen molar-refractivity contribution in [2.24, 2.45) is 0 Å². The Labute approximate surface area is 102 Å². The molecule has 0 aromatic carbocycles. The van der Waals surface area contributed by atoms with Crippen LogP contribution in [0.15, 0.2) is 18.2 Å². The number of hydrogen-bond donors (Lipinski definition) is 2. The quantitative estimate of drug-likeness (QED) is 0.684. The first-order valence-electron chi connectivity index (χ1n) is 5.74. The second-order valence-corrected chi connectivity index (χ2v) is 4.62. The molecule has 0 radical (unpaired) electrons. The van der Waals surface area contributed by atoms with Gasteiger partial charge in [0.15, 0.2) is 0 Å². The Morgan fingerprint density at radius 3 is 2.75 bits per heavy atom. The topological polar surface area (TPSA) is 37.0 Å². The summed E-state index contributed by atoms with van der Waals surface area (Å²) in [6.45, 7) is 1.01. The average molecular weight is 239 g/mol. The molecule has 0 bridgehead atoms. The Kier molecular flexibility index (Phi) is 6.81. The molecule has 0 aliphatic heterocycles. The number of nitrogens with zero attached hydrogens (tertiary/aromatic N) is 1. The lowest BCUT2D eigenvalue weighted by molar-refractivity contribution is 0.748. The molecule has 0 aliphatic rings. The first-order valence-corrected chi connectivity index (χ1v) is 7.14. The van der Waals surface area contributed by atoms with Gasteiger partial charge in [0.2, 0.25) is 0 Å². The van der Waals surface area contributed by atoms with E-state index < -0.39 is 0 Å². The van der Waals surface area contributed by atoms with Crippen LogP contribution in [0.2, 0.25) is 0 Å². The monoisotopic (exact) mass is 239 g/mol. The molecule has 0 fully saturated rings. The first-order chi connectivity index (χ1) is 7.86. The van der Waals surface area contributed by atoms with Crippen molar-refractivity contribution in [1.82, 2.24) is 4.98 Å². The molecule has 1 heterocycles. The Balaban J connectivity index is 2.16. The zero-order valence-corrected chi connectivity index (χ0v) is 10.9. The fraction of sp³-hybridized carbons (Fsp3) is 0.583. The predicted molar refractivity (Wildman–Crippen MR) is 74.5 cm³/mol. The van der Waals surface area contributed by atoms with Crippen molar-refractivity contribution in [3.63, 3.8) is 0 Å². The maximum absolute atomic E-state index is 4.40. The molecule has 0 spiro atoms. The number of thioether (sulfide) groups is 1. The largest absolute Gasteiger partial charge is 0.373 e. The summed E-state index contributed by atoms with van der Waals surface area (Å²) >= 11 is 1.92. The van der Waals surface area contributed by atoms with Crippen LogP contribution in [0.4, 0.5) is 11.6 Å². The van der Waals surface area contributed by atoms with Crippen molar-refractivity contribution in [2.45, 2.75) is 19.3 Å². The summed E-state index contributed by atoms with van der Waals surface area (Å²) in [5, 5.41) is 6.37. The van der Waals surface area contributed by atoms with Gasteiger partial charge in [-0.05, 0) is 37.0 Å². The van der Waals surface area contributed by atoms with Gasteiger partial charge in [-0.25, -0.2) is 4.98 Å². The summed E-state index contributed by atoms with van der Waals surface area (Å²) in [4.78, 5) is 4.40. The lowest BCUT2D eigenvalue weighted by Crippen LogP contribution is -2.04. The zero-order valence-electron chi connectivity index (χ0n) is 10.1. The van der Waals surface area contributed by atoms with Crippen molar-refractivity contribution in [2.75, 3.05) is 36.2 Å². The van der Waals surface area contributed by atoms with Crippen LogP contribution in [-0.2, 0) is 0 Å². The third-order valence-corrected chi connectivity index (χ3v) is 3.03. The van der Waals surface area contributed by atoms with Gasteiger partial charge < -0.3 is 10.6 Å². The molecular weight excluding hydrogens is 218 g/mol. The van der Waals surface area contributed by atoms with E-state index >= 15 is 0 Å². The number of unbranched alkanes of at least 4 members (excludes halogenated alkanes) is 2. The van der Waals surface area contributed by atoms with Crippen LogP contribution in [0.25, 0.3) is 0 Å². The van der Waals surface area contributed by atoms with E-state index in [1.54, 1.807) is 0 Å². The van der Waals surface area contributed by atoms with E-state index in [0.29, 0.717) is 0 Å². The standard InChI is InChI=1S/C12H21N3S/c1-13-11-7-6-8-12(15-11)14-9-4-3-5-10-16-2/h6-8H,3-5,9-10H2,1-2H3,(H2,13,14,15). The molecule has 0 saturated heterocycles. The summed E-state index contributed by atoms with van der Waals surface area (Å²) in [5.41, 5.74) is 0. The van der Waals surface area contributed by atoms with Crippen LogP contribution < -0.4 is 10.6 Å². The number of hydrogen-bond acceptors (Lipinski definition) is 4. The van der Waals surface area contributed by atoms with Crippen molar-refractivity contribution in [3.8, 4) is 0 Å². The fourth-order valence-corrected chi connectivity index (χ4v) is 1.93. The fourth-order valence-electron chi connectivity index (χ4n) is 1.44. The SMILES string of the molecule is CNc1cccc(NCCCCCSC)n1. The number of anilines is 2. The normalized spacial score (nSPS) is 10.1. The highest BCUT2D eigenvalue weighted by Crippen LogP contribution is 2.09. The van der Waals surface area contributed by atoms with Crippen molar-refractivity contribution in [3.05, 3.63) is 18.2 Å². The second kappa shape index (κ2) is 8.28. The Bertz CT molecular complexity index is 291. The Morgan fingerprint density at radius 2 is 2.00 bits per heavy atom. The van der Waals surface area contributed by atoms with Gasteiger partial charge in [-0.15, -0.1) is 0 Å². The number of rotatable bonds is 8. The molecule has 0 aliphatic carbocycles. The lowest BCUT2D eigenvalue weighted by atomic mass is 10.2. The van der Waals surface area contributed by atoms with Crippen LogP contribution in [0, 0.1) is 0 Å². The van der Waals surface area contributed by atoms with Gasteiger partial charge in [-0.2, -0.15) is 11.8 Å². The van der Waals surface area contributed by atoms with Crippen LogP contribution in [0.5, 0.6) is 0 Å². The van der Waals surface area contributed by atoms with E-state index in [1.165, 1.54) is 25.0 Å².